The van der Waals surface area contributed by atoms with Crippen LogP contribution in [0.25, 0.3) is 0 Å². The Labute approximate surface area is 81.1 Å². The van der Waals surface area contributed by atoms with Crippen LogP contribution < -0.4 is 5.32 Å². The first-order valence-corrected chi connectivity index (χ1v) is 5.27. The second-order valence-corrected chi connectivity index (χ2v) is 4.75. The lowest BCUT2D eigenvalue weighted by molar-refractivity contribution is -0.127. The summed E-state index contributed by atoms with van der Waals surface area (Å²) in [5, 5.41) is 2.92. The summed E-state index contributed by atoms with van der Waals surface area (Å²) in [6.07, 6.45) is 2.24. The molecule has 2 heteroatoms. The average molecular weight is 183 g/mol. The van der Waals surface area contributed by atoms with Gasteiger partial charge in [-0.15, -0.1) is 0 Å². The van der Waals surface area contributed by atoms with Crippen LogP contribution in [0.2, 0.25) is 0 Å². The zero-order chi connectivity index (χ0) is 10.1. The summed E-state index contributed by atoms with van der Waals surface area (Å²) >= 11 is 0. The molecule has 76 valence electrons. The monoisotopic (exact) mass is 183 g/mol. The molecule has 2 atom stereocenters. The van der Waals surface area contributed by atoms with E-state index in [9.17, 15) is 4.79 Å². The molecule has 1 N–H and O–H groups in total. The molecule has 0 heterocycles. The Morgan fingerprint density at radius 2 is 2.08 bits per heavy atom. The van der Waals surface area contributed by atoms with Gasteiger partial charge in [0.2, 0.25) is 5.91 Å². The Hall–Kier alpha value is -0.530. The zero-order valence-electron chi connectivity index (χ0n) is 9.18. The number of rotatable bonds is 2. The van der Waals surface area contributed by atoms with Crippen molar-refractivity contribution < 1.29 is 4.79 Å². The first-order chi connectivity index (χ1) is 6.00. The van der Waals surface area contributed by atoms with Gasteiger partial charge in [-0.25, -0.2) is 0 Å². The lowest BCUT2D eigenvalue weighted by Crippen LogP contribution is -2.37. The summed E-state index contributed by atoms with van der Waals surface area (Å²) in [5.74, 6) is 1.14. The number of amides is 1. The summed E-state index contributed by atoms with van der Waals surface area (Å²) in [4.78, 5) is 11.7. The number of hydrogen-bond donors (Lipinski definition) is 1. The largest absolute Gasteiger partial charge is 0.356 e. The Kier molecular flexibility index (Phi) is 2.99. The van der Waals surface area contributed by atoms with Crippen LogP contribution in [0, 0.1) is 17.3 Å². The van der Waals surface area contributed by atoms with Crippen molar-refractivity contribution in [3.05, 3.63) is 0 Å². The van der Waals surface area contributed by atoms with E-state index < -0.39 is 0 Å². The Bertz CT molecular complexity index is 198. The third kappa shape index (κ3) is 1.87. The second-order valence-electron chi connectivity index (χ2n) is 4.75. The summed E-state index contributed by atoms with van der Waals surface area (Å²) < 4.78 is 0. The first-order valence-electron chi connectivity index (χ1n) is 5.27. The van der Waals surface area contributed by atoms with Crippen molar-refractivity contribution in [2.45, 2.75) is 40.5 Å². The molecule has 1 saturated carbocycles. The van der Waals surface area contributed by atoms with Gasteiger partial charge in [-0.05, 0) is 31.1 Å². The predicted molar refractivity (Wildman–Crippen MR) is 54.4 cm³/mol. The van der Waals surface area contributed by atoms with Crippen LogP contribution in [0.5, 0.6) is 0 Å². The van der Waals surface area contributed by atoms with Gasteiger partial charge >= 0.3 is 0 Å². The number of nitrogens with one attached hydrogen (secondary N) is 1. The molecule has 0 aromatic heterocycles. The van der Waals surface area contributed by atoms with Crippen LogP contribution in [-0.4, -0.2) is 12.5 Å². The van der Waals surface area contributed by atoms with Gasteiger partial charge in [0.15, 0.2) is 0 Å². The molecule has 13 heavy (non-hydrogen) atoms. The Morgan fingerprint density at radius 1 is 1.46 bits per heavy atom. The fourth-order valence-electron chi connectivity index (χ4n) is 2.27. The van der Waals surface area contributed by atoms with Gasteiger partial charge in [-0.1, -0.05) is 20.8 Å². The van der Waals surface area contributed by atoms with E-state index in [1.165, 1.54) is 6.42 Å². The van der Waals surface area contributed by atoms with E-state index in [-0.39, 0.29) is 17.2 Å². The summed E-state index contributed by atoms with van der Waals surface area (Å²) in [6.45, 7) is 9.40. The van der Waals surface area contributed by atoms with Crippen LogP contribution in [0.15, 0.2) is 0 Å². The topological polar surface area (TPSA) is 29.1 Å². The molecule has 0 radical (unpaired) electrons. The van der Waals surface area contributed by atoms with Gasteiger partial charge in [0.25, 0.3) is 0 Å². The minimum Gasteiger partial charge on any atom is -0.356 e. The molecule has 1 aliphatic rings. The van der Waals surface area contributed by atoms with E-state index in [2.05, 4.69) is 26.1 Å². The van der Waals surface area contributed by atoms with Crippen molar-refractivity contribution in [2.75, 3.05) is 6.54 Å². The molecule has 2 nitrogen and oxygen atoms in total. The lowest BCUT2D eigenvalue weighted by Gasteiger charge is -2.30. The summed E-state index contributed by atoms with van der Waals surface area (Å²) in [5.41, 5.74) is 0.180. The van der Waals surface area contributed by atoms with Gasteiger partial charge in [0, 0.05) is 12.5 Å². The molecule has 1 rings (SSSR count). The Balaban J connectivity index is 2.66. The SMILES string of the molecule is CCNC(=O)C1CCC(C)C1(C)C. The van der Waals surface area contributed by atoms with E-state index in [4.69, 9.17) is 0 Å². The number of hydrogen-bond acceptors (Lipinski definition) is 1. The summed E-state index contributed by atoms with van der Waals surface area (Å²) in [7, 11) is 0. The quantitative estimate of drug-likeness (QED) is 0.698. The van der Waals surface area contributed by atoms with Gasteiger partial charge in [-0.3, -0.25) is 4.79 Å². The molecular weight excluding hydrogens is 162 g/mol. The molecule has 0 bridgehead atoms. The van der Waals surface area contributed by atoms with Gasteiger partial charge in [0.05, 0.1) is 0 Å². The van der Waals surface area contributed by atoms with Crippen molar-refractivity contribution >= 4 is 5.91 Å². The highest BCUT2D eigenvalue weighted by Gasteiger charge is 2.43. The molecule has 0 spiro atoms. The van der Waals surface area contributed by atoms with Crippen LogP contribution in [0.1, 0.15) is 40.5 Å². The normalized spacial score (nSPS) is 31.7. The van der Waals surface area contributed by atoms with E-state index in [1.54, 1.807) is 0 Å². The van der Waals surface area contributed by atoms with Crippen LogP contribution in [0.4, 0.5) is 0 Å². The smallest absolute Gasteiger partial charge is 0.223 e. The van der Waals surface area contributed by atoms with E-state index >= 15 is 0 Å². The molecule has 2 unspecified atom stereocenters. The maximum absolute atomic E-state index is 11.7. The standard InChI is InChI=1S/C11H21NO/c1-5-12-10(13)9-7-6-8(2)11(9,3)4/h8-9H,5-7H2,1-4H3,(H,12,13). The van der Waals surface area contributed by atoms with Gasteiger partial charge in [0.1, 0.15) is 0 Å². The maximum Gasteiger partial charge on any atom is 0.223 e. The molecule has 1 amide bonds. The van der Waals surface area contributed by atoms with Crippen LogP contribution in [-0.2, 0) is 4.79 Å². The fraction of sp³-hybridized carbons (Fsp3) is 0.909. The van der Waals surface area contributed by atoms with Crippen LogP contribution in [0.3, 0.4) is 0 Å². The highest BCUT2D eigenvalue weighted by molar-refractivity contribution is 5.79. The molecule has 0 aromatic carbocycles. The van der Waals surface area contributed by atoms with Crippen molar-refractivity contribution in [1.82, 2.24) is 5.32 Å². The molecule has 0 saturated heterocycles. The Morgan fingerprint density at radius 3 is 2.46 bits per heavy atom. The third-order valence-corrected chi connectivity index (χ3v) is 3.72. The van der Waals surface area contributed by atoms with Crippen LogP contribution >= 0.6 is 0 Å². The van der Waals surface area contributed by atoms with Gasteiger partial charge < -0.3 is 5.32 Å². The molecular formula is C11H21NO. The van der Waals surface area contributed by atoms with Crippen molar-refractivity contribution in [1.29, 1.82) is 0 Å². The van der Waals surface area contributed by atoms with Gasteiger partial charge in [-0.2, -0.15) is 0 Å². The number of carbonyl (C=O) groups excluding carboxylic acids is 1. The molecule has 1 aliphatic carbocycles. The van der Waals surface area contributed by atoms with Crippen molar-refractivity contribution in [3.63, 3.8) is 0 Å². The molecule has 0 aliphatic heterocycles. The number of carbonyl (C=O) groups is 1. The highest BCUT2D eigenvalue weighted by Crippen LogP contribution is 2.46. The summed E-state index contributed by atoms with van der Waals surface area (Å²) in [6, 6.07) is 0. The fourth-order valence-corrected chi connectivity index (χ4v) is 2.27. The zero-order valence-corrected chi connectivity index (χ0v) is 9.18. The average Bonchev–Trinajstić information content (AvgIpc) is 2.28. The van der Waals surface area contributed by atoms with E-state index in [1.807, 2.05) is 6.92 Å². The minimum atomic E-state index is 0.180. The maximum atomic E-state index is 11.7. The third-order valence-electron chi connectivity index (χ3n) is 3.72. The van der Waals surface area contributed by atoms with Crippen molar-refractivity contribution in [3.8, 4) is 0 Å². The second kappa shape index (κ2) is 3.69. The minimum absolute atomic E-state index is 0.180. The van der Waals surface area contributed by atoms with Crippen molar-refractivity contribution in [2.24, 2.45) is 17.3 Å². The molecule has 0 aromatic rings. The van der Waals surface area contributed by atoms with E-state index in [0.717, 1.165) is 13.0 Å². The highest BCUT2D eigenvalue weighted by atomic mass is 16.1. The predicted octanol–water partition coefficient (Wildman–Crippen LogP) is 2.19. The molecule has 1 fully saturated rings. The first kappa shape index (κ1) is 10.6. The van der Waals surface area contributed by atoms with E-state index in [0.29, 0.717) is 5.92 Å². The lowest BCUT2D eigenvalue weighted by atomic mass is 9.76.